The highest BCUT2D eigenvalue weighted by molar-refractivity contribution is 9.10. The van der Waals surface area contributed by atoms with E-state index in [0.29, 0.717) is 26.7 Å². The fraction of sp³-hybridized carbons (Fsp3) is 0.188. The number of amides is 1. The molecule has 1 aliphatic heterocycles. The van der Waals surface area contributed by atoms with Gasteiger partial charge in [0.05, 0.1) is 19.3 Å². The largest absolute Gasteiger partial charge is 0.493 e. The molecule has 7 heteroatoms. The van der Waals surface area contributed by atoms with Gasteiger partial charge in [0, 0.05) is 21.1 Å². The van der Waals surface area contributed by atoms with Gasteiger partial charge in [0.1, 0.15) is 5.82 Å². The van der Waals surface area contributed by atoms with Crippen molar-refractivity contribution in [1.29, 1.82) is 0 Å². The minimum atomic E-state index is -0.385. The SMILES string of the molecule is COc1cc(Cl)cc2c1OCC(=O)N(c1ccc(F)cc1Br)C2. The lowest BCUT2D eigenvalue weighted by molar-refractivity contribution is -0.120. The van der Waals surface area contributed by atoms with Gasteiger partial charge in [-0.1, -0.05) is 11.6 Å². The van der Waals surface area contributed by atoms with Gasteiger partial charge in [-0.05, 0) is 40.2 Å². The zero-order valence-corrected chi connectivity index (χ0v) is 14.4. The molecule has 0 aliphatic carbocycles. The summed E-state index contributed by atoms with van der Waals surface area (Å²) in [6.45, 7) is 0.101. The van der Waals surface area contributed by atoms with E-state index in [9.17, 15) is 9.18 Å². The summed E-state index contributed by atoms with van der Waals surface area (Å²) in [5.74, 6) is 0.335. The summed E-state index contributed by atoms with van der Waals surface area (Å²) >= 11 is 9.39. The second-order valence-corrected chi connectivity index (χ2v) is 6.25. The van der Waals surface area contributed by atoms with Crippen molar-refractivity contribution in [3.8, 4) is 11.5 Å². The molecule has 0 spiro atoms. The van der Waals surface area contributed by atoms with Crippen LogP contribution in [0.15, 0.2) is 34.8 Å². The molecule has 0 saturated heterocycles. The van der Waals surface area contributed by atoms with Crippen LogP contribution < -0.4 is 14.4 Å². The summed E-state index contributed by atoms with van der Waals surface area (Å²) in [7, 11) is 1.51. The van der Waals surface area contributed by atoms with Crippen molar-refractivity contribution >= 4 is 39.1 Å². The van der Waals surface area contributed by atoms with E-state index in [0.717, 1.165) is 5.56 Å². The van der Waals surface area contributed by atoms with E-state index < -0.39 is 0 Å². The number of halogens is 3. The highest BCUT2D eigenvalue weighted by Crippen LogP contribution is 2.38. The first-order valence-corrected chi connectivity index (χ1v) is 7.91. The van der Waals surface area contributed by atoms with Crippen molar-refractivity contribution in [2.45, 2.75) is 6.54 Å². The van der Waals surface area contributed by atoms with Crippen LogP contribution in [-0.2, 0) is 11.3 Å². The molecule has 0 unspecified atom stereocenters. The van der Waals surface area contributed by atoms with Crippen LogP contribution in [0.3, 0.4) is 0 Å². The predicted octanol–water partition coefficient (Wildman–Crippen LogP) is 4.18. The Labute approximate surface area is 145 Å². The average molecular weight is 401 g/mol. The smallest absolute Gasteiger partial charge is 0.265 e. The van der Waals surface area contributed by atoms with Crippen LogP contribution in [0.4, 0.5) is 10.1 Å². The van der Waals surface area contributed by atoms with Gasteiger partial charge in [0.25, 0.3) is 5.91 Å². The Hall–Kier alpha value is -1.79. The van der Waals surface area contributed by atoms with E-state index >= 15 is 0 Å². The van der Waals surface area contributed by atoms with Crippen LogP contribution in [0, 0.1) is 5.82 Å². The number of fused-ring (bicyclic) bond motifs is 1. The number of ether oxygens (including phenoxy) is 2. The van der Waals surface area contributed by atoms with Crippen LogP contribution in [-0.4, -0.2) is 19.6 Å². The molecule has 0 fully saturated rings. The van der Waals surface area contributed by atoms with Gasteiger partial charge in [0.2, 0.25) is 0 Å². The van der Waals surface area contributed by atoms with Crippen LogP contribution in [0.25, 0.3) is 0 Å². The normalized spacial score (nSPS) is 14.1. The first-order valence-electron chi connectivity index (χ1n) is 6.74. The average Bonchev–Trinajstić information content (AvgIpc) is 2.66. The number of hydrogen-bond donors (Lipinski definition) is 0. The van der Waals surface area contributed by atoms with Gasteiger partial charge >= 0.3 is 0 Å². The van der Waals surface area contributed by atoms with Gasteiger partial charge in [0.15, 0.2) is 18.1 Å². The number of carbonyl (C=O) groups is 1. The lowest BCUT2D eigenvalue weighted by Gasteiger charge is -2.21. The molecule has 2 aromatic carbocycles. The summed E-state index contributed by atoms with van der Waals surface area (Å²) in [4.78, 5) is 13.9. The van der Waals surface area contributed by atoms with Gasteiger partial charge in [-0.15, -0.1) is 0 Å². The number of rotatable bonds is 2. The quantitative estimate of drug-likeness (QED) is 0.759. The van der Waals surface area contributed by atoms with E-state index in [1.165, 1.54) is 24.1 Å². The molecule has 2 aromatic rings. The Bertz CT molecular complexity index is 784. The molecule has 0 aromatic heterocycles. The van der Waals surface area contributed by atoms with Crippen molar-refractivity contribution < 1.29 is 18.7 Å². The third kappa shape index (κ3) is 3.14. The van der Waals surface area contributed by atoms with Gasteiger partial charge < -0.3 is 14.4 Å². The topological polar surface area (TPSA) is 38.8 Å². The molecule has 0 radical (unpaired) electrons. The highest BCUT2D eigenvalue weighted by atomic mass is 79.9. The van der Waals surface area contributed by atoms with Crippen molar-refractivity contribution in [3.05, 3.63) is 51.2 Å². The predicted molar refractivity (Wildman–Crippen MR) is 88.8 cm³/mol. The molecule has 120 valence electrons. The lowest BCUT2D eigenvalue weighted by Crippen LogP contribution is -2.32. The number of carbonyl (C=O) groups excluding carboxylic acids is 1. The highest BCUT2D eigenvalue weighted by Gasteiger charge is 2.27. The van der Waals surface area contributed by atoms with Crippen LogP contribution in [0.1, 0.15) is 5.56 Å². The number of hydrogen-bond acceptors (Lipinski definition) is 3. The molecule has 4 nitrogen and oxygen atoms in total. The first kappa shape index (κ1) is 16.1. The van der Waals surface area contributed by atoms with Gasteiger partial charge in [-0.2, -0.15) is 0 Å². The fourth-order valence-corrected chi connectivity index (χ4v) is 3.24. The minimum Gasteiger partial charge on any atom is -0.493 e. The number of nitrogens with zero attached hydrogens (tertiary/aromatic N) is 1. The number of anilines is 1. The lowest BCUT2D eigenvalue weighted by atomic mass is 10.1. The van der Waals surface area contributed by atoms with E-state index in [2.05, 4.69) is 15.9 Å². The molecule has 23 heavy (non-hydrogen) atoms. The maximum atomic E-state index is 13.3. The van der Waals surface area contributed by atoms with Crippen molar-refractivity contribution in [1.82, 2.24) is 0 Å². The number of benzene rings is 2. The van der Waals surface area contributed by atoms with Gasteiger partial charge in [-0.3, -0.25) is 4.79 Å². The fourth-order valence-electron chi connectivity index (χ4n) is 2.45. The Morgan fingerprint density at radius 1 is 1.35 bits per heavy atom. The first-order chi connectivity index (χ1) is 11.0. The third-order valence-corrected chi connectivity index (χ3v) is 4.34. The van der Waals surface area contributed by atoms with E-state index in [4.69, 9.17) is 21.1 Å². The summed E-state index contributed by atoms with van der Waals surface area (Å²) in [6, 6.07) is 7.52. The van der Waals surface area contributed by atoms with E-state index in [1.54, 1.807) is 18.2 Å². The maximum absolute atomic E-state index is 13.3. The molecule has 1 aliphatic rings. The monoisotopic (exact) mass is 399 g/mol. The van der Waals surface area contributed by atoms with Crippen LogP contribution >= 0.6 is 27.5 Å². The Morgan fingerprint density at radius 3 is 2.83 bits per heavy atom. The summed E-state index contributed by atoms with van der Waals surface area (Å²) in [5.41, 5.74) is 1.28. The molecular formula is C16H12BrClFNO3. The molecule has 1 amide bonds. The molecule has 0 N–H and O–H groups in total. The molecule has 3 rings (SSSR count). The molecule has 0 saturated carbocycles. The third-order valence-electron chi connectivity index (χ3n) is 3.49. The standard InChI is InChI=1S/C16H12BrClFNO3/c1-22-14-5-10(18)4-9-7-20(15(21)8-23-16(9)14)13-3-2-11(19)6-12(13)17/h2-6H,7-8H2,1H3. The Balaban J connectivity index is 2.07. The molecule has 0 bridgehead atoms. The second kappa shape index (κ2) is 6.37. The summed E-state index contributed by atoms with van der Waals surface area (Å²) in [6.07, 6.45) is 0. The molecular weight excluding hydrogens is 389 g/mol. The van der Waals surface area contributed by atoms with Crippen molar-refractivity contribution in [2.75, 3.05) is 18.6 Å². The summed E-state index contributed by atoms with van der Waals surface area (Å²) in [5, 5.41) is 0.483. The van der Waals surface area contributed by atoms with Crippen molar-refractivity contribution in [3.63, 3.8) is 0 Å². The molecule has 0 atom stereocenters. The Kier molecular flexibility index (Phi) is 4.46. The van der Waals surface area contributed by atoms with Crippen LogP contribution in [0.2, 0.25) is 5.02 Å². The van der Waals surface area contributed by atoms with E-state index in [1.807, 2.05) is 0 Å². The molecule has 1 heterocycles. The zero-order valence-electron chi connectivity index (χ0n) is 12.1. The summed E-state index contributed by atoms with van der Waals surface area (Å²) < 4.78 is 24.6. The van der Waals surface area contributed by atoms with Crippen molar-refractivity contribution in [2.24, 2.45) is 0 Å². The second-order valence-electron chi connectivity index (χ2n) is 4.96. The maximum Gasteiger partial charge on any atom is 0.265 e. The van der Waals surface area contributed by atoms with Gasteiger partial charge in [-0.25, -0.2) is 4.39 Å². The van der Waals surface area contributed by atoms with E-state index in [-0.39, 0.29) is 24.9 Å². The Morgan fingerprint density at radius 2 is 2.13 bits per heavy atom. The zero-order chi connectivity index (χ0) is 16.6. The van der Waals surface area contributed by atoms with Crippen LogP contribution in [0.5, 0.6) is 11.5 Å². The number of methoxy groups -OCH3 is 1. The minimum absolute atomic E-state index is 0.144.